The predicted octanol–water partition coefficient (Wildman–Crippen LogP) is 0.0187. The number of nitrogens with two attached hydrogens (primary N) is 1. The summed E-state index contributed by atoms with van der Waals surface area (Å²) in [5.74, 6) is -1.92. The molecule has 0 saturated carbocycles. The maximum Gasteiger partial charge on any atom is 0.323 e. The molecule has 1 rings (SSSR count). The number of carbonyl (C=O) groups excluding carboxylic acids is 1. The number of carboxylic acid groups (broad SMARTS) is 1. The number of rotatable bonds is 7. The number of aromatic nitrogens is 2. The minimum atomic E-state index is -1.17. The van der Waals surface area contributed by atoms with E-state index in [1.165, 1.54) is 0 Å². The Hall–Kier alpha value is -2.00. The van der Waals surface area contributed by atoms with Gasteiger partial charge in [0.1, 0.15) is 6.04 Å². The summed E-state index contributed by atoms with van der Waals surface area (Å²) in [5.41, 5.74) is 6.30. The number of nitrogens with one attached hydrogen (secondary N) is 2. The van der Waals surface area contributed by atoms with Crippen LogP contribution in [0.2, 0.25) is 0 Å². The van der Waals surface area contributed by atoms with Crippen LogP contribution in [0, 0.1) is 11.7 Å². The van der Waals surface area contributed by atoms with Gasteiger partial charge in [0.25, 0.3) is 5.56 Å². The highest BCUT2D eigenvalue weighted by molar-refractivity contribution is 7.71. The SMILES string of the molecule is Cc1c(CCCOC(=O)C(N)CC(=O)O)[nH]c(=S)[nH]c1=O. The molecule has 1 aromatic heterocycles. The Morgan fingerprint density at radius 1 is 1.43 bits per heavy atom. The summed E-state index contributed by atoms with van der Waals surface area (Å²) in [6, 6.07) is -1.17. The zero-order chi connectivity index (χ0) is 16.0. The molecule has 0 aliphatic heterocycles. The second-order valence-corrected chi connectivity index (χ2v) is 4.90. The standard InChI is InChI=1S/C12H17N3O5S/c1-6-8(14-12(21)15-10(6)18)3-2-4-20-11(19)7(13)5-9(16)17/h7H,2-5,13H2,1H3,(H,16,17)(H2,14,15,18,21). The predicted molar refractivity (Wildman–Crippen MR) is 76.5 cm³/mol. The summed E-state index contributed by atoms with van der Waals surface area (Å²) < 4.78 is 5.11. The Labute approximate surface area is 125 Å². The van der Waals surface area contributed by atoms with Gasteiger partial charge in [0, 0.05) is 11.3 Å². The van der Waals surface area contributed by atoms with Crippen molar-refractivity contribution in [1.82, 2.24) is 9.97 Å². The van der Waals surface area contributed by atoms with Crippen LogP contribution >= 0.6 is 12.2 Å². The topological polar surface area (TPSA) is 138 Å². The van der Waals surface area contributed by atoms with E-state index in [1.807, 2.05) is 0 Å². The lowest BCUT2D eigenvalue weighted by Gasteiger charge is -2.10. The minimum absolute atomic E-state index is 0.0823. The van der Waals surface area contributed by atoms with E-state index in [0.29, 0.717) is 24.1 Å². The van der Waals surface area contributed by atoms with E-state index in [9.17, 15) is 14.4 Å². The molecule has 9 heteroatoms. The van der Waals surface area contributed by atoms with E-state index in [4.69, 9.17) is 27.8 Å². The maximum atomic E-state index is 11.5. The molecule has 0 spiro atoms. The van der Waals surface area contributed by atoms with Gasteiger partial charge < -0.3 is 20.6 Å². The molecule has 0 aliphatic rings. The highest BCUT2D eigenvalue weighted by atomic mass is 32.1. The molecular weight excluding hydrogens is 298 g/mol. The van der Waals surface area contributed by atoms with E-state index >= 15 is 0 Å². The molecule has 0 bridgehead atoms. The highest BCUT2D eigenvalue weighted by Gasteiger charge is 2.18. The molecule has 0 aromatic carbocycles. The van der Waals surface area contributed by atoms with Crippen molar-refractivity contribution in [3.8, 4) is 0 Å². The van der Waals surface area contributed by atoms with Gasteiger partial charge in [-0.3, -0.25) is 19.4 Å². The number of hydrogen-bond acceptors (Lipinski definition) is 6. The van der Waals surface area contributed by atoms with Crippen LogP contribution in [-0.4, -0.2) is 39.7 Å². The Kier molecular flexibility index (Phi) is 6.25. The van der Waals surface area contributed by atoms with Gasteiger partial charge in [-0.25, -0.2) is 0 Å². The van der Waals surface area contributed by atoms with Crippen LogP contribution < -0.4 is 11.3 Å². The molecule has 1 unspecified atom stereocenters. The quantitative estimate of drug-likeness (QED) is 0.316. The van der Waals surface area contributed by atoms with E-state index in [2.05, 4.69) is 9.97 Å². The molecule has 1 atom stereocenters. The van der Waals surface area contributed by atoms with Crippen molar-refractivity contribution in [2.75, 3.05) is 6.61 Å². The Bertz CT molecular complexity index is 637. The number of ether oxygens (including phenoxy) is 1. The van der Waals surface area contributed by atoms with Crippen LogP contribution in [0.25, 0.3) is 0 Å². The van der Waals surface area contributed by atoms with Gasteiger partial charge in [0.2, 0.25) is 0 Å². The molecular formula is C12H17N3O5S. The second-order valence-electron chi connectivity index (χ2n) is 4.49. The van der Waals surface area contributed by atoms with E-state index in [-0.39, 0.29) is 16.9 Å². The van der Waals surface area contributed by atoms with Gasteiger partial charge in [0.05, 0.1) is 13.0 Å². The van der Waals surface area contributed by atoms with E-state index in [1.54, 1.807) is 6.92 Å². The van der Waals surface area contributed by atoms with E-state index in [0.717, 1.165) is 0 Å². The zero-order valence-electron chi connectivity index (χ0n) is 11.5. The summed E-state index contributed by atoms with van der Waals surface area (Å²) in [6.45, 7) is 1.74. The molecule has 116 valence electrons. The number of carbonyl (C=O) groups is 2. The third kappa shape index (κ3) is 5.48. The molecule has 0 fully saturated rings. The first-order valence-electron chi connectivity index (χ1n) is 6.27. The smallest absolute Gasteiger partial charge is 0.323 e. The third-order valence-corrected chi connectivity index (χ3v) is 3.00. The first-order chi connectivity index (χ1) is 9.81. The molecule has 5 N–H and O–H groups in total. The summed E-state index contributed by atoms with van der Waals surface area (Å²) in [5, 5.41) is 8.50. The number of carboxylic acids is 1. The van der Waals surface area contributed by atoms with Crippen molar-refractivity contribution >= 4 is 24.2 Å². The van der Waals surface area contributed by atoms with Crippen LogP contribution in [0.5, 0.6) is 0 Å². The van der Waals surface area contributed by atoms with Crippen molar-refractivity contribution < 1.29 is 19.4 Å². The monoisotopic (exact) mass is 315 g/mol. The van der Waals surface area contributed by atoms with E-state index < -0.39 is 24.4 Å². The lowest BCUT2D eigenvalue weighted by molar-refractivity contribution is -0.149. The van der Waals surface area contributed by atoms with Gasteiger partial charge in [-0.05, 0) is 32.0 Å². The van der Waals surface area contributed by atoms with Crippen molar-refractivity contribution in [2.45, 2.75) is 32.2 Å². The van der Waals surface area contributed by atoms with Crippen LogP contribution in [0.15, 0.2) is 4.79 Å². The number of aryl methyl sites for hydroxylation is 1. The number of aromatic amines is 2. The Balaban J connectivity index is 2.45. The van der Waals surface area contributed by atoms with Crippen LogP contribution in [0.4, 0.5) is 0 Å². The van der Waals surface area contributed by atoms with Crippen LogP contribution in [0.3, 0.4) is 0 Å². The Morgan fingerprint density at radius 3 is 2.71 bits per heavy atom. The van der Waals surface area contributed by atoms with Crippen LogP contribution in [0.1, 0.15) is 24.1 Å². The molecule has 1 aromatic rings. The summed E-state index contributed by atoms with van der Waals surface area (Å²) in [4.78, 5) is 38.6. The van der Waals surface area contributed by atoms with Crippen molar-refractivity contribution in [3.05, 3.63) is 26.4 Å². The number of esters is 1. The highest BCUT2D eigenvalue weighted by Crippen LogP contribution is 2.03. The fourth-order valence-electron chi connectivity index (χ4n) is 1.65. The van der Waals surface area contributed by atoms with Crippen molar-refractivity contribution in [3.63, 3.8) is 0 Å². The molecule has 0 amide bonds. The minimum Gasteiger partial charge on any atom is -0.481 e. The second kappa shape index (κ2) is 7.70. The van der Waals surface area contributed by atoms with Gasteiger partial charge >= 0.3 is 11.9 Å². The fraction of sp³-hybridized carbons (Fsp3) is 0.500. The molecule has 0 radical (unpaired) electrons. The number of aliphatic carboxylic acids is 1. The van der Waals surface area contributed by atoms with Gasteiger partial charge in [-0.15, -0.1) is 0 Å². The normalized spacial score (nSPS) is 11.9. The lowest BCUT2D eigenvalue weighted by Crippen LogP contribution is -2.34. The maximum absolute atomic E-state index is 11.5. The average Bonchev–Trinajstić information content (AvgIpc) is 2.38. The summed E-state index contributed by atoms with van der Waals surface area (Å²) in [6.07, 6.45) is 0.459. The molecule has 1 heterocycles. The molecule has 0 aliphatic carbocycles. The average molecular weight is 315 g/mol. The molecule has 0 saturated heterocycles. The lowest BCUT2D eigenvalue weighted by atomic mass is 10.1. The zero-order valence-corrected chi connectivity index (χ0v) is 12.3. The van der Waals surface area contributed by atoms with Gasteiger partial charge in [-0.1, -0.05) is 0 Å². The first-order valence-corrected chi connectivity index (χ1v) is 6.68. The number of hydrogen-bond donors (Lipinski definition) is 4. The third-order valence-electron chi connectivity index (χ3n) is 2.80. The first kappa shape index (κ1) is 17.1. The van der Waals surface area contributed by atoms with Crippen LogP contribution in [-0.2, 0) is 20.7 Å². The largest absolute Gasteiger partial charge is 0.481 e. The Morgan fingerprint density at radius 2 is 2.10 bits per heavy atom. The molecule has 21 heavy (non-hydrogen) atoms. The fourth-order valence-corrected chi connectivity index (χ4v) is 1.86. The molecule has 8 nitrogen and oxygen atoms in total. The number of H-pyrrole nitrogens is 2. The summed E-state index contributed by atoms with van der Waals surface area (Å²) in [7, 11) is 0. The van der Waals surface area contributed by atoms with Gasteiger partial charge in [0.15, 0.2) is 4.77 Å². The van der Waals surface area contributed by atoms with Crippen molar-refractivity contribution in [2.24, 2.45) is 5.73 Å². The van der Waals surface area contributed by atoms with Crippen molar-refractivity contribution in [1.29, 1.82) is 0 Å². The van der Waals surface area contributed by atoms with Gasteiger partial charge in [-0.2, -0.15) is 0 Å². The summed E-state index contributed by atoms with van der Waals surface area (Å²) >= 11 is 4.87.